The van der Waals surface area contributed by atoms with Crippen LogP contribution < -0.4 is 10.6 Å². The highest BCUT2D eigenvalue weighted by atomic mass is 16.8. The third-order valence-corrected chi connectivity index (χ3v) is 22.6. The summed E-state index contributed by atoms with van der Waals surface area (Å²) >= 11 is 0. The molecule has 0 radical (unpaired) electrons. The van der Waals surface area contributed by atoms with Gasteiger partial charge in [0, 0.05) is 19.8 Å². The number of nitrogens with one attached hydrogen (secondary N) is 2. The monoisotopic (exact) mass is 1570 g/mol. The molecule has 3 saturated heterocycles. The van der Waals surface area contributed by atoms with Crippen LogP contribution >= 0.6 is 0 Å². The minimum Gasteiger partial charge on any atom is -0.477 e. The van der Waals surface area contributed by atoms with Gasteiger partial charge in [-0.15, -0.1) is 0 Å². The molecule has 0 aromatic carbocycles. The zero-order valence-electron chi connectivity index (χ0n) is 68.9. The van der Waals surface area contributed by atoms with E-state index in [9.17, 15) is 75.7 Å². The van der Waals surface area contributed by atoms with Gasteiger partial charge in [0.2, 0.25) is 11.8 Å². The maximum absolute atomic E-state index is 13.6. The first-order valence-electron chi connectivity index (χ1n) is 44.7. The highest BCUT2D eigenvalue weighted by molar-refractivity contribution is 5.77. The van der Waals surface area contributed by atoms with Crippen molar-refractivity contribution in [2.45, 2.75) is 484 Å². The van der Waals surface area contributed by atoms with Crippen molar-refractivity contribution < 1.29 is 104 Å². The summed E-state index contributed by atoms with van der Waals surface area (Å²) in [5.74, 6) is -6.13. The number of carboxylic acids is 1. The Balaban J connectivity index is 1.40. The van der Waals surface area contributed by atoms with E-state index >= 15 is 0 Å². The number of carbonyl (C=O) groups is 3. The molecular weight excluding hydrogens is 1410 g/mol. The van der Waals surface area contributed by atoms with E-state index in [0.717, 1.165) is 51.9 Å². The molecule has 18 atom stereocenters. The van der Waals surface area contributed by atoms with Gasteiger partial charge in [-0.25, -0.2) is 4.79 Å². The van der Waals surface area contributed by atoms with Crippen molar-refractivity contribution in [3.63, 3.8) is 0 Å². The number of rotatable bonds is 72. The third kappa shape index (κ3) is 44.0. The molecule has 23 nitrogen and oxygen atoms in total. The lowest BCUT2D eigenvalue weighted by atomic mass is 9.88. The first kappa shape index (κ1) is 101. The van der Waals surface area contributed by atoms with Crippen molar-refractivity contribution in [2.24, 2.45) is 0 Å². The lowest BCUT2D eigenvalue weighted by Crippen LogP contribution is -2.70. The molecular formula is C87H162N2O21. The molecule has 2 amide bonds. The van der Waals surface area contributed by atoms with E-state index < -0.39 is 155 Å². The number of unbranched alkanes of at least 4 members (excludes halogenated alkanes) is 50. The van der Waals surface area contributed by atoms with Crippen LogP contribution in [-0.4, -0.2) is 215 Å². The van der Waals surface area contributed by atoms with Crippen molar-refractivity contribution in [3.8, 4) is 0 Å². The molecule has 0 aromatic heterocycles. The van der Waals surface area contributed by atoms with E-state index in [-0.39, 0.29) is 12.3 Å². The van der Waals surface area contributed by atoms with Gasteiger partial charge in [0.25, 0.3) is 5.79 Å². The van der Waals surface area contributed by atoms with E-state index in [0.29, 0.717) is 12.8 Å². The van der Waals surface area contributed by atoms with E-state index in [1.807, 2.05) is 6.08 Å². The summed E-state index contributed by atoms with van der Waals surface area (Å²) in [5, 5.41) is 136. The lowest BCUT2D eigenvalue weighted by Gasteiger charge is -2.50. The summed E-state index contributed by atoms with van der Waals surface area (Å²) in [4.78, 5) is 38.7. The van der Waals surface area contributed by atoms with E-state index in [1.165, 1.54) is 283 Å². The van der Waals surface area contributed by atoms with E-state index in [4.69, 9.17) is 28.4 Å². The second-order valence-corrected chi connectivity index (χ2v) is 32.5. The molecule has 646 valence electrons. The van der Waals surface area contributed by atoms with Gasteiger partial charge in [-0.1, -0.05) is 334 Å². The number of carboxylic acid groups (broad SMARTS) is 1. The molecule has 110 heavy (non-hydrogen) atoms. The molecule has 3 fully saturated rings. The molecule has 3 aliphatic heterocycles. The quantitative estimate of drug-likeness (QED) is 0.0199. The number of ether oxygens (including phenoxy) is 6. The molecule has 0 saturated carbocycles. The Bertz CT molecular complexity index is 2270. The fourth-order valence-corrected chi connectivity index (χ4v) is 15.6. The van der Waals surface area contributed by atoms with Crippen LogP contribution in [0.4, 0.5) is 0 Å². The van der Waals surface area contributed by atoms with Gasteiger partial charge in [-0.05, 0) is 44.9 Å². The van der Waals surface area contributed by atoms with Gasteiger partial charge >= 0.3 is 5.97 Å². The van der Waals surface area contributed by atoms with Crippen LogP contribution in [-0.2, 0) is 42.8 Å². The van der Waals surface area contributed by atoms with E-state index in [1.54, 1.807) is 6.08 Å². The SMILES string of the molecule is CCCCCCCCCCCCCCCCC/C=C/C(O)C(COC1OC(CO)C(OC2OC(CO)C(O)C(OC3(C(=O)O)CC(O)C(NC(C)=O)C(C(O)C(O)CO)O3)C2O)C(O)C1O)NC(=O)CCCCCCCCCCCCCCCCCCC/C=C\CCCCCCCCCCCCCCCCCCCC. The van der Waals surface area contributed by atoms with Crippen LogP contribution in [0.15, 0.2) is 24.3 Å². The summed E-state index contributed by atoms with van der Waals surface area (Å²) in [6, 6.07) is -2.62. The van der Waals surface area contributed by atoms with Crippen LogP contribution in [0.3, 0.4) is 0 Å². The van der Waals surface area contributed by atoms with Crippen LogP contribution in [0.25, 0.3) is 0 Å². The fraction of sp³-hybridized carbons (Fsp3) is 0.920. The maximum atomic E-state index is 13.6. The first-order valence-corrected chi connectivity index (χ1v) is 44.7. The van der Waals surface area contributed by atoms with Crippen molar-refractivity contribution in [1.82, 2.24) is 10.6 Å². The second kappa shape index (κ2) is 65.3. The van der Waals surface area contributed by atoms with Crippen LogP contribution in [0.5, 0.6) is 0 Å². The number of amides is 2. The number of aliphatic hydroxyl groups is 11. The Labute approximate surface area is 664 Å². The number of carbonyl (C=O) groups excluding carboxylic acids is 2. The van der Waals surface area contributed by atoms with Gasteiger partial charge < -0.3 is 100 Å². The first-order chi connectivity index (χ1) is 53.4. The predicted octanol–water partition coefficient (Wildman–Crippen LogP) is 13.9. The average molecular weight is 1570 g/mol. The maximum Gasteiger partial charge on any atom is 0.364 e. The summed E-state index contributed by atoms with van der Waals surface area (Å²) in [7, 11) is 0. The Morgan fingerprint density at radius 3 is 1.24 bits per heavy atom. The minimum absolute atomic E-state index is 0.203. The molecule has 3 aliphatic rings. The zero-order chi connectivity index (χ0) is 80.3. The zero-order valence-corrected chi connectivity index (χ0v) is 68.9. The molecule has 0 aromatic rings. The molecule has 18 unspecified atom stereocenters. The summed E-state index contributed by atoms with van der Waals surface area (Å²) in [6.07, 6.45) is 46.8. The minimum atomic E-state index is -3.08. The molecule has 0 bridgehead atoms. The highest BCUT2D eigenvalue weighted by Crippen LogP contribution is 2.39. The molecule has 3 rings (SSSR count). The smallest absolute Gasteiger partial charge is 0.364 e. The fourth-order valence-electron chi connectivity index (χ4n) is 15.6. The van der Waals surface area contributed by atoms with Crippen molar-refractivity contribution in [3.05, 3.63) is 24.3 Å². The van der Waals surface area contributed by atoms with Crippen LogP contribution in [0, 0.1) is 0 Å². The number of allylic oxidation sites excluding steroid dienone is 3. The molecule has 0 aliphatic carbocycles. The third-order valence-electron chi connectivity index (χ3n) is 22.6. The van der Waals surface area contributed by atoms with E-state index in [2.05, 4.69) is 36.6 Å². The summed E-state index contributed by atoms with van der Waals surface area (Å²) in [6.45, 7) is 2.20. The average Bonchev–Trinajstić information content (AvgIpc) is 0.750. The van der Waals surface area contributed by atoms with Gasteiger partial charge in [-0.3, -0.25) is 9.59 Å². The van der Waals surface area contributed by atoms with Crippen LogP contribution in [0.2, 0.25) is 0 Å². The molecule has 23 heteroatoms. The number of aliphatic carboxylic acids is 1. The molecule has 14 N–H and O–H groups in total. The van der Waals surface area contributed by atoms with Crippen LogP contribution in [0.1, 0.15) is 374 Å². The van der Waals surface area contributed by atoms with Crippen molar-refractivity contribution in [2.75, 3.05) is 26.4 Å². The molecule has 3 heterocycles. The van der Waals surface area contributed by atoms with Gasteiger partial charge in [0.1, 0.15) is 67.1 Å². The number of hydrogen-bond donors (Lipinski definition) is 14. The Kier molecular flexibility index (Phi) is 60.2. The van der Waals surface area contributed by atoms with Gasteiger partial charge in [0.05, 0.1) is 50.7 Å². The number of hydrogen-bond acceptors (Lipinski definition) is 20. The van der Waals surface area contributed by atoms with Crippen molar-refractivity contribution in [1.29, 1.82) is 0 Å². The Hall–Kier alpha value is -2.79. The lowest BCUT2D eigenvalue weighted by molar-refractivity contribution is -0.386. The Morgan fingerprint density at radius 2 is 0.855 bits per heavy atom. The largest absolute Gasteiger partial charge is 0.477 e. The topological polar surface area (TPSA) is 373 Å². The molecule has 0 spiro atoms. The van der Waals surface area contributed by atoms with Gasteiger partial charge in [-0.2, -0.15) is 0 Å². The standard InChI is InChI=1S/C87H162N2O21/c1-4-6-8-10-12-14-16-18-20-22-23-24-25-26-27-28-29-30-31-32-33-34-35-36-37-38-39-40-41-42-43-45-47-49-51-53-55-57-59-61-74(97)89-68(69(94)60-58-56-54-52-50-48-46-44-21-19-17-15-13-11-9-7-5-2)66-105-84-79(101)78(100)81(73(65-92)107-84)108-85-80(102)83(77(99)72(64-91)106-85)110-87(86(103)104)62-70(95)75(88-67(3)93)82(109-87)76(98)71(96)63-90/h32-33,58,60,68-73,75-85,90-92,94-96,98-102H,4-31,34-57,59,61-66H2,1-3H3,(H,88,93)(H,89,97)(H,103,104)/b33-32-,60-58+. The second-order valence-electron chi connectivity index (χ2n) is 32.5. The predicted molar refractivity (Wildman–Crippen MR) is 431 cm³/mol. The number of aliphatic hydroxyl groups excluding tert-OH is 11. The van der Waals surface area contributed by atoms with Gasteiger partial charge in [0.15, 0.2) is 12.6 Å². The Morgan fingerprint density at radius 1 is 0.473 bits per heavy atom. The highest BCUT2D eigenvalue weighted by Gasteiger charge is 2.60. The summed E-state index contributed by atoms with van der Waals surface area (Å²) < 4.78 is 34.9. The summed E-state index contributed by atoms with van der Waals surface area (Å²) in [5.41, 5.74) is 0. The normalized spacial score (nSPS) is 25.7. The van der Waals surface area contributed by atoms with Crippen molar-refractivity contribution >= 4 is 17.8 Å².